The average Bonchev–Trinajstić information content (AvgIpc) is 3.14. The van der Waals surface area contributed by atoms with Crippen LogP contribution in [-0.2, 0) is 0 Å². The molecule has 7 rings (SSSR count). The van der Waals surface area contributed by atoms with Crippen LogP contribution in [0.2, 0.25) is 0 Å². The van der Waals surface area contributed by atoms with Crippen molar-refractivity contribution < 1.29 is 0 Å². The van der Waals surface area contributed by atoms with E-state index in [1.54, 1.807) is 12.4 Å². The fourth-order valence-electron chi connectivity index (χ4n) is 4.90. The molecule has 4 aromatic heterocycles. The van der Waals surface area contributed by atoms with Gasteiger partial charge < -0.3 is 0 Å². The van der Waals surface area contributed by atoms with Crippen LogP contribution in [0, 0.1) is 23.7 Å². The van der Waals surface area contributed by atoms with E-state index in [1.165, 1.54) is 0 Å². The highest BCUT2D eigenvalue weighted by Gasteiger charge is 2.06. The zero-order valence-electron chi connectivity index (χ0n) is 24.8. The first-order chi connectivity index (χ1) is 22.8. The third kappa shape index (κ3) is 6.79. The highest BCUT2D eigenvalue weighted by atomic mass is 14.8. The molecule has 4 heterocycles. The van der Waals surface area contributed by atoms with Crippen molar-refractivity contribution in [1.29, 1.82) is 0 Å². The molecule has 0 atom stereocenters. The van der Waals surface area contributed by atoms with Crippen LogP contribution in [0.3, 0.4) is 0 Å². The molecular formula is C42H26N4. The van der Waals surface area contributed by atoms with E-state index in [4.69, 9.17) is 9.97 Å². The summed E-state index contributed by atoms with van der Waals surface area (Å²) in [5.41, 5.74) is 10.7. The molecule has 3 aromatic carbocycles. The smallest absolute Gasteiger partial charge is 0.0893 e. The van der Waals surface area contributed by atoms with Gasteiger partial charge in [0.15, 0.2) is 0 Å². The molecule has 0 aliphatic rings. The molecule has 0 radical (unpaired) electrons. The molecule has 0 saturated carbocycles. The van der Waals surface area contributed by atoms with Gasteiger partial charge in [0.05, 0.1) is 34.2 Å². The van der Waals surface area contributed by atoms with E-state index in [0.29, 0.717) is 0 Å². The number of aromatic nitrogens is 4. The maximum Gasteiger partial charge on any atom is 0.0893 e. The highest BCUT2D eigenvalue weighted by Crippen LogP contribution is 2.23. The largest absolute Gasteiger partial charge is 0.253 e. The normalized spacial score (nSPS) is 10.3. The Morgan fingerprint density at radius 3 is 1.15 bits per heavy atom. The Labute approximate surface area is 268 Å². The van der Waals surface area contributed by atoms with Crippen LogP contribution in [0.1, 0.15) is 22.3 Å². The van der Waals surface area contributed by atoms with Crippen LogP contribution in [0.4, 0.5) is 0 Å². The van der Waals surface area contributed by atoms with Crippen molar-refractivity contribution in [1.82, 2.24) is 19.9 Å². The topological polar surface area (TPSA) is 51.6 Å². The van der Waals surface area contributed by atoms with Crippen LogP contribution >= 0.6 is 0 Å². The van der Waals surface area contributed by atoms with Gasteiger partial charge >= 0.3 is 0 Å². The Kier molecular flexibility index (Phi) is 8.17. The molecule has 0 amide bonds. The Hall–Kier alpha value is -6.62. The highest BCUT2D eigenvalue weighted by molar-refractivity contribution is 5.66. The molecule has 4 heteroatoms. The van der Waals surface area contributed by atoms with Crippen molar-refractivity contribution in [2.75, 3.05) is 0 Å². The average molecular weight is 587 g/mol. The van der Waals surface area contributed by atoms with Gasteiger partial charge in [0, 0.05) is 45.8 Å². The van der Waals surface area contributed by atoms with E-state index < -0.39 is 0 Å². The van der Waals surface area contributed by atoms with E-state index in [0.717, 1.165) is 67.5 Å². The van der Waals surface area contributed by atoms with Crippen molar-refractivity contribution in [2.24, 2.45) is 0 Å². The number of hydrogen-bond acceptors (Lipinski definition) is 4. The van der Waals surface area contributed by atoms with Crippen LogP contribution in [0.15, 0.2) is 158 Å². The van der Waals surface area contributed by atoms with Crippen LogP contribution in [0.5, 0.6) is 0 Å². The van der Waals surface area contributed by atoms with Gasteiger partial charge in [-0.05, 0) is 66.7 Å². The standard InChI is InChI=1S/C42H26N4/c1-3-12-35(13-4-1)37-16-8-18-41(45-37)39-26-24-33(29-43-39)22-20-31-10-7-11-32(28-31)21-23-34-25-27-40(44-30-34)42-19-9-17-38(46-42)36-14-5-2-6-15-36/h1-19,24-30H. The van der Waals surface area contributed by atoms with Gasteiger partial charge in [0.2, 0.25) is 0 Å². The Morgan fingerprint density at radius 1 is 0.304 bits per heavy atom. The van der Waals surface area contributed by atoms with E-state index in [1.807, 2.05) is 121 Å². The molecule has 214 valence electrons. The molecule has 0 N–H and O–H groups in total. The second-order valence-electron chi connectivity index (χ2n) is 10.5. The zero-order valence-corrected chi connectivity index (χ0v) is 24.8. The lowest BCUT2D eigenvalue weighted by molar-refractivity contribution is 1.24. The summed E-state index contributed by atoms with van der Waals surface area (Å²) in [7, 11) is 0. The summed E-state index contributed by atoms with van der Waals surface area (Å²) in [5, 5.41) is 0. The summed E-state index contributed by atoms with van der Waals surface area (Å²) in [6.45, 7) is 0. The van der Waals surface area contributed by atoms with E-state index in [2.05, 4.69) is 57.9 Å². The first-order valence-corrected chi connectivity index (χ1v) is 14.9. The third-order valence-electron chi connectivity index (χ3n) is 7.25. The Morgan fingerprint density at radius 2 is 0.717 bits per heavy atom. The molecule has 0 spiro atoms. The Balaban J connectivity index is 1.03. The van der Waals surface area contributed by atoms with Crippen molar-refractivity contribution in [2.45, 2.75) is 0 Å². The van der Waals surface area contributed by atoms with Gasteiger partial charge in [0.25, 0.3) is 0 Å². The minimum atomic E-state index is 0.806. The van der Waals surface area contributed by atoms with Gasteiger partial charge in [-0.1, -0.05) is 103 Å². The summed E-state index contributed by atoms with van der Waals surface area (Å²) in [6, 6.07) is 48.0. The maximum atomic E-state index is 4.80. The first kappa shape index (κ1) is 28.2. The summed E-state index contributed by atoms with van der Waals surface area (Å²) >= 11 is 0. The minimum absolute atomic E-state index is 0.806. The van der Waals surface area contributed by atoms with E-state index in [-0.39, 0.29) is 0 Å². The molecular weight excluding hydrogens is 560 g/mol. The van der Waals surface area contributed by atoms with Gasteiger partial charge in [0.1, 0.15) is 0 Å². The monoisotopic (exact) mass is 586 g/mol. The summed E-state index contributed by atoms with van der Waals surface area (Å²) in [4.78, 5) is 18.8. The van der Waals surface area contributed by atoms with E-state index >= 15 is 0 Å². The van der Waals surface area contributed by atoms with Gasteiger partial charge in [-0.2, -0.15) is 0 Å². The molecule has 0 saturated heterocycles. The molecule has 0 bridgehead atoms. The number of benzene rings is 3. The van der Waals surface area contributed by atoms with Crippen molar-refractivity contribution in [3.8, 4) is 69.0 Å². The maximum absolute atomic E-state index is 4.80. The SMILES string of the molecule is C(#Cc1cccc(C#Cc2ccc(-c3cccc(-c4ccccc4)n3)nc2)c1)c1ccc(-c2cccc(-c3ccccc3)n2)nc1. The summed E-state index contributed by atoms with van der Waals surface area (Å²) < 4.78 is 0. The van der Waals surface area contributed by atoms with Crippen molar-refractivity contribution in [3.05, 3.63) is 180 Å². The van der Waals surface area contributed by atoms with Gasteiger partial charge in [-0.3, -0.25) is 9.97 Å². The lowest BCUT2D eigenvalue weighted by Crippen LogP contribution is -1.90. The molecule has 7 aromatic rings. The lowest BCUT2D eigenvalue weighted by atomic mass is 10.1. The molecule has 4 nitrogen and oxygen atoms in total. The fourth-order valence-corrected chi connectivity index (χ4v) is 4.90. The zero-order chi connectivity index (χ0) is 31.0. The fraction of sp³-hybridized carbons (Fsp3) is 0. The van der Waals surface area contributed by atoms with Gasteiger partial charge in [-0.15, -0.1) is 0 Å². The molecule has 0 aliphatic carbocycles. The van der Waals surface area contributed by atoms with E-state index in [9.17, 15) is 0 Å². The summed E-state index contributed by atoms with van der Waals surface area (Å²) in [6.07, 6.45) is 3.57. The second-order valence-corrected chi connectivity index (χ2v) is 10.5. The molecule has 0 fully saturated rings. The minimum Gasteiger partial charge on any atom is -0.253 e. The Bertz CT molecular complexity index is 2080. The van der Waals surface area contributed by atoms with Crippen LogP contribution < -0.4 is 0 Å². The number of nitrogens with zero attached hydrogens (tertiary/aromatic N) is 4. The molecule has 0 unspecified atom stereocenters. The third-order valence-corrected chi connectivity index (χ3v) is 7.25. The molecule has 46 heavy (non-hydrogen) atoms. The summed E-state index contributed by atoms with van der Waals surface area (Å²) in [5.74, 6) is 12.9. The predicted octanol–water partition coefficient (Wildman–Crippen LogP) is 8.73. The van der Waals surface area contributed by atoms with Crippen molar-refractivity contribution in [3.63, 3.8) is 0 Å². The number of rotatable bonds is 4. The van der Waals surface area contributed by atoms with Gasteiger partial charge in [-0.25, -0.2) is 9.97 Å². The second kappa shape index (κ2) is 13.3. The quantitative estimate of drug-likeness (QED) is 0.194. The number of hydrogen-bond donors (Lipinski definition) is 0. The first-order valence-electron chi connectivity index (χ1n) is 14.9. The van der Waals surface area contributed by atoms with Crippen LogP contribution in [-0.4, -0.2) is 19.9 Å². The number of pyridine rings is 4. The predicted molar refractivity (Wildman–Crippen MR) is 184 cm³/mol. The molecule has 0 aliphatic heterocycles. The lowest BCUT2D eigenvalue weighted by Gasteiger charge is -2.04. The van der Waals surface area contributed by atoms with Crippen molar-refractivity contribution >= 4 is 0 Å². The van der Waals surface area contributed by atoms with Crippen LogP contribution in [0.25, 0.3) is 45.3 Å².